The van der Waals surface area contributed by atoms with Gasteiger partial charge in [-0.25, -0.2) is 0 Å². The first-order chi connectivity index (χ1) is 11.2. The van der Waals surface area contributed by atoms with Crippen LogP contribution in [0.25, 0.3) is 0 Å². The molecule has 5 heteroatoms. The number of aromatic nitrogens is 2. The lowest BCUT2D eigenvalue weighted by Crippen LogP contribution is -2.57. The standard InChI is InChI=1S/C18H20N4O/c23-17(16-3-7-19-8-4-16)22-9-5-18(14-22)12-21(13-18)11-15-2-1-6-20-10-15/h1-4,6-8,10H,5,9,11-14H2. The van der Waals surface area contributed by atoms with Crippen LogP contribution < -0.4 is 0 Å². The van der Waals surface area contributed by atoms with Crippen molar-refractivity contribution in [2.45, 2.75) is 13.0 Å². The molecule has 2 saturated heterocycles. The van der Waals surface area contributed by atoms with Crippen LogP contribution in [-0.2, 0) is 6.54 Å². The molecular weight excluding hydrogens is 288 g/mol. The van der Waals surface area contributed by atoms with Gasteiger partial charge in [0.05, 0.1) is 0 Å². The lowest BCUT2D eigenvalue weighted by molar-refractivity contribution is 0.00254. The third-order valence-electron chi connectivity index (χ3n) is 4.90. The Bertz CT molecular complexity index is 683. The van der Waals surface area contributed by atoms with Gasteiger partial charge in [-0.05, 0) is 30.2 Å². The first-order valence-electron chi connectivity index (χ1n) is 8.05. The maximum atomic E-state index is 12.5. The average Bonchev–Trinajstić information content (AvgIpc) is 3.01. The number of pyridine rings is 2. The zero-order valence-electron chi connectivity index (χ0n) is 13.1. The van der Waals surface area contributed by atoms with Crippen LogP contribution in [0.5, 0.6) is 0 Å². The largest absolute Gasteiger partial charge is 0.338 e. The summed E-state index contributed by atoms with van der Waals surface area (Å²) in [5.41, 5.74) is 2.29. The maximum absolute atomic E-state index is 12.5. The van der Waals surface area contributed by atoms with E-state index in [0.29, 0.717) is 5.41 Å². The topological polar surface area (TPSA) is 49.3 Å². The summed E-state index contributed by atoms with van der Waals surface area (Å²) in [5.74, 6) is 0.134. The van der Waals surface area contributed by atoms with E-state index in [4.69, 9.17) is 0 Å². The predicted molar refractivity (Wildman–Crippen MR) is 86.7 cm³/mol. The van der Waals surface area contributed by atoms with Gasteiger partial charge in [-0.15, -0.1) is 0 Å². The van der Waals surface area contributed by atoms with E-state index in [1.807, 2.05) is 17.2 Å². The van der Waals surface area contributed by atoms with Gasteiger partial charge in [0.2, 0.25) is 0 Å². The fourth-order valence-electron chi connectivity index (χ4n) is 3.81. The van der Waals surface area contributed by atoms with E-state index in [0.717, 1.165) is 44.7 Å². The first-order valence-corrected chi connectivity index (χ1v) is 8.05. The molecule has 118 valence electrons. The van der Waals surface area contributed by atoms with Gasteiger partial charge in [0.25, 0.3) is 5.91 Å². The van der Waals surface area contributed by atoms with Crippen molar-refractivity contribution in [1.29, 1.82) is 0 Å². The van der Waals surface area contributed by atoms with E-state index in [9.17, 15) is 4.79 Å². The zero-order chi connectivity index (χ0) is 15.7. The third kappa shape index (κ3) is 2.84. The summed E-state index contributed by atoms with van der Waals surface area (Å²) in [6.07, 6.45) is 8.20. The predicted octanol–water partition coefficient (Wildman–Crippen LogP) is 1.82. The van der Waals surface area contributed by atoms with Crippen LogP contribution >= 0.6 is 0 Å². The molecule has 2 aliphatic rings. The van der Waals surface area contributed by atoms with Crippen LogP contribution in [0, 0.1) is 5.41 Å². The zero-order valence-corrected chi connectivity index (χ0v) is 13.1. The highest BCUT2D eigenvalue weighted by Gasteiger charge is 2.48. The maximum Gasteiger partial charge on any atom is 0.253 e. The molecule has 0 bridgehead atoms. The highest BCUT2D eigenvalue weighted by molar-refractivity contribution is 5.94. The molecule has 0 aliphatic carbocycles. The van der Waals surface area contributed by atoms with Crippen molar-refractivity contribution in [3.63, 3.8) is 0 Å². The minimum Gasteiger partial charge on any atom is -0.338 e. The van der Waals surface area contributed by atoms with Crippen LogP contribution in [0.4, 0.5) is 0 Å². The van der Waals surface area contributed by atoms with Gasteiger partial charge in [0.1, 0.15) is 0 Å². The van der Waals surface area contributed by atoms with Crippen molar-refractivity contribution in [3.05, 3.63) is 60.2 Å². The van der Waals surface area contributed by atoms with E-state index in [-0.39, 0.29) is 5.91 Å². The Balaban J connectivity index is 1.34. The minimum absolute atomic E-state index is 0.134. The quantitative estimate of drug-likeness (QED) is 0.868. The fraction of sp³-hybridized carbons (Fsp3) is 0.389. The van der Waals surface area contributed by atoms with Gasteiger partial charge in [-0.1, -0.05) is 6.07 Å². The molecule has 1 amide bonds. The average molecular weight is 308 g/mol. The Morgan fingerprint density at radius 3 is 2.65 bits per heavy atom. The Hall–Kier alpha value is -2.27. The summed E-state index contributed by atoms with van der Waals surface area (Å²) in [6.45, 7) is 4.83. The number of likely N-dealkylation sites (tertiary alicyclic amines) is 2. The molecule has 1 spiro atoms. The molecule has 0 atom stereocenters. The van der Waals surface area contributed by atoms with Crippen LogP contribution in [0.3, 0.4) is 0 Å². The van der Waals surface area contributed by atoms with Crippen LogP contribution in [-0.4, -0.2) is 51.9 Å². The molecule has 2 aromatic heterocycles. The number of nitrogens with zero attached hydrogens (tertiary/aromatic N) is 4. The lowest BCUT2D eigenvalue weighted by Gasteiger charge is -2.48. The molecule has 23 heavy (non-hydrogen) atoms. The number of amides is 1. The van der Waals surface area contributed by atoms with Crippen molar-refractivity contribution < 1.29 is 4.79 Å². The highest BCUT2D eigenvalue weighted by atomic mass is 16.2. The van der Waals surface area contributed by atoms with Crippen LogP contribution in [0.2, 0.25) is 0 Å². The Kier molecular flexibility index (Phi) is 3.58. The van der Waals surface area contributed by atoms with E-state index in [1.54, 1.807) is 30.7 Å². The van der Waals surface area contributed by atoms with Crippen molar-refractivity contribution in [2.24, 2.45) is 5.41 Å². The van der Waals surface area contributed by atoms with Gasteiger partial charge < -0.3 is 4.90 Å². The second kappa shape index (κ2) is 5.74. The smallest absolute Gasteiger partial charge is 0.253 e. The van der Waals surface area contributed by atoms with E-state index >= 15 is 0 Å². The van der Waals surface area contributed by atoms with Crippen LogP contribution in [0.15, 0.2) is 49.1 Å². The summed E-state index contributed by atoms with van der Waals surface area (Å²) >= 11 is 0. The second-order valence-corrected chi connectivity index (χ2v) is 6.72. The molecule has 0 aromatic carbocycles. The number of hydrogen-bond donors (Lipinski definition) is 0. The van der Waals surface area contributed by atoms with Crippen molar-refractivity contribution in [1.82, 2.24) is 19.8 Å². The normalized spacial score (nSPS) is 19.7. The summed E-state index contributed by atoms with van der Waals surface area (Å²) < 4.78 is 0. The SMILES string of the molecule is O=C(c1ccncc1)N1CCC2(CN(Cc3cccnc3)C2)C1. The monoisotopic (exact) mass is 308 g/mol. The summed E-state index contributed by atoms with van der Waals surface area (Å²) in [6, 6.07) is 7.69. The molecule has 2 aromatic rings. The van der Waals surface area contributed by atoms with Gasteiger partial charge in [0.15, 0.2) is 0 Å². The summed E-state index contributed by atoms with van der Waals surface area (Å²) in [4.78, 5) is 25.1. The molecule has 4 heterocycles. The molecule has 0 N–H and O–H groups in total. The molecule has 2 fully saturated rings. The number of carbonyl (C=O) groups excluding carboxylic acids is 1. The molecule has 5 nitrogen and oxygen atoms in total. The fourth-order valence-corrected chi connectivity index (χ4v) is 3.81. The Labute approximate surface area is 136 Å². The molecule has 0 saturated carbocycles. The summed E-state index contributed by atoms with van der Waals surface area (Å²) in [5, 5.41) is 0. The third-order valence-corrected chi connectivity index (χ3v) is 4.90. The lowest BCUT2D eigenvalue weighted by atomic mass is 9.79. The Morgan fingerprint density at radius 2 is 1.91 bits per heavy atom. The minimum atomic E-state index is 0.134. The van der Waals surface area contributed by atoms with Gasteiger partial charge >= 0.3 is 0 Å². The van der Waals surface area contributed by atoms with Crippen molar-refractivity contribution in [3.8, 4) is 0 Å². The van der Waals surface area contributed by atoms with E-state index < -0.39 is 0 Å². The Morgan fingerprint density at radius 1 is 1.09 bits per heavy atom. The van der Waals surface area contributed by atoms with E-state index in [1.165, 1.54) is 5.56 Å². The number of carbonyl (C=O) groups is 1. The highest BCUT2D eigenvalue weighted by Crippen LogP contribution is 2.40. The second-order valence-electron chi connectivity index (χ2n) is 6.72. The molecular formula is C18H20N4O. The first kappa shape index (κ1) is 14.3. The molecule has 2 aliphatic heterocycles. The summed E-state index contributed by atoms with van der Waals surface area (Å²) in [7, 11) is 0. The van der Waals surface area contributed by atoms with Gasteiger partial charge in [-0.3, -0.25) is 19.7 Å². The van der Waals surface area contributed by atoms with Crippen molar-refractivity contribution in [2.75, 3.05) is 26.2 Å². The van der Waals surface area contributed by atoms with E-state index in [2.05, 4.69) is 20.9 Å². The number of rotatable bonds is 3. The van der Waals surface area contributed by atoms with Crippen LogP contribution in [0.1, 0.15) is 22.3 Å². The van der Waals surface area contributed by atoms with Gasteiger partial charge in [-0.2, -0.15) is 0 Å². The molecule has 0 radical (unpaired) electrons. The molecule has 0 unspecified atom stereocenters. The van der Waals surface area contributed by atoms with Gasteiger partial charge in [0, 0.05) is 68.5 Å². The van der Waals surface area contributed by atoms with Crippen molar-refractivity contribution >= 4 is 5.91 Å². The number of hydrogen-bond acceptors (Lipinski definition) is 4. The molecule has 4 rings (SSSR count).